The van der Waals surface area contributed by atoms with E-state index in [2.05, 4.69) is 33.2 Å². The number of amides is 3. The number of fused-ring (bicyclic) bond motifs is 1. The molecule has 0 saturated carbocycles. The maximum absolute atomic E-state index is 12.6. The summed E-state index contributed by atoms with van der Waals surface area (Å²) < 4.78 is 0. The van der Waals surface area contributed by atoms with Crippen molar-refractivity contribution < 1.29 is 14.4 Å². The fraction of sp³-hybridized carbons (Fsp3) is 0.471. The zero-order valence-corrected chi connectivity index (χ0v) is 15.1. The van der Waals surface area contributed by atoms with Gasteiger partial charge in [-0.15, -0.1) is 0 Å². The molecule has 0 radical (unpaired) electrons. The summed E-state index contributed by atoms with van der Waals surface area (Å²) in [5, 5.41) is 3.24. The van der Waals surface area contributed by atoms with Crippen LogP contribution in [0.3, 0.4) is 0 Å². The molecular formula is C17H20BrN3O3. The predicted molar refractivity (Wildman–Crippen MR) is 92.6 cm³/mol. The topological polar surface area (TPSA) is 69.7 Å². The van der Waals surface area contributed by atoms with Gasteiger partial charge in [0.05, 0.1) is 0 Å². The fourth-order valence-corrected chi connectivity index (χ4v) is 3.87. The van der Waals surface area contributed by atoms with E-state index in [9.17, 15) is 14.4 Å². The number of hydrogen-bond acceptors (Lipinski definition) is 4. The molecule has 3 amide bonds. The van der Waals surface area contributed by atoms with Crippen molar-refractivity contribution in [3.8, 4) is 0 Å². The van der Waals surface area contributed by atoms with Crippen LogP contribution in [0, 0.1) is 0 Å². The van der Waals surface area contributed by atoms with Crippen molar-refractivity contribution in [1.82, 2.24) is 15.1 Å². The van der Waals surface area contributed by atoms with Crippen molar-refractivity contribution in [2.24, 2.45) is 0 Å². The van der Waals surface area contributed by atoms with Crippen molar-refractivity contribution in [3.05, 3.63) is 34.9 Å². The van der Waals surface area contributed by atoms with Crippen LogP contribution < -0.4 is 5.32 Å². The highest BCUT2D eigenvalue weighted by molar-refractivity contribution is 9.09. The minimum atomic E-state index is -0.554. The van der Waals surface area contributed by atoms with Crippen LogP contribution in [0.25, 0.3) is 0 Å². The highest BCUT2D eigenvalue weighted by Crippen LogP contribution is 2.28. The van der Waals surface area contributed by atoms with E-state index in [0.29, 0.717) is 18.5 Å². The van der Waals surface area contributed by atoms with Crippen molar-refractivity contribution in [2.75, 3.05) is 18.9 Å². The number of alkyl halides is 1. The Hall–Kier alpha value is -1.73. The number of imide groups is 1. The zero-order valence-electron chi connectivity index (χ0n) is 13.5. The third-order valence-electron chi connectivity index (χ3n) is 4.51. The van der Waals surface area contributed by atoms with Gasteiger partial charge in [-0.3, -0.25) is 19.7 Å². The van der Waals surface area contributed by atoms with Crippen LogP contribution in [0.5, 0.6) is 0 Å². The molecule has 2 aliphatic heterocycles. The van der Waals surface area contributed by atoms with Crippen LogP contribution in [0.4, 0.5) is 0 Å². The van der Waals surface area contributed by atoms with E-state index in [1.54, 1.807) is 4.90 Å². The van der Waals surface area contributed by atoms with Crippen molar-refractivity contribution in [1.29, 1.82) is 0 Å². The van der Waals surface area contributed by atoms with Gasteiger partial charge < -0.3 is 9.80 Å². The second-order valence-electron chi connectivity index (χ2n) is 6.32. The molecule has 0 aromatic heterocycles. The second kappa shape index (κ2) is 7.03. The molecule has 1 atom stereocenters. The number of benzene rings is 1. The molecule has 1 N–H and O–H groups in total. The van der Waals surface area contributed by atoms with Crippen molar-refractivity contribution in [3.63, 3.8) is 0 Å². The summed E-state index contributed by atoms with van der Waals surface area (Å²) in [6, 6.07) is 5.31. The number of halogens is 1. The summed E-state index contributed by atoms with van der Waals surface area (Å²) in [5.41, 5.74) is 2.76. The maximum atomic E-state index is 12.6. The van der Waals surface area contributed by atoms with E-state index in [1.165, 1.54) is 0 Å². The molecule has 7 heteroatoms. The Kier molecular flexibility index (Phi) is 5.01. The average Bonchev–Trinajstić information content (AvgIpc) is 2.84. The fourth-order valence-electron chi connectivity index (χ4n) is 3.26. The normalized spacial score (nSPS) is 20.5. The van der Waals surface area contributed by atoms with Gasteiger partial charge in [0.1, 0.15) is 6.04 Å². The highest BCUT2D eigenvalue weighted by Gasteiger charge is 2.38. The van der Waals surface area contributed by atoms with Crippen molar-refractivity contribution in [2.45, 2.75) is 32.0 Å². The van der Waals surface area contributed by atoms with Crippen LogP contribution in [0.1, 0.15) is 34.3 Å². The molecule has 2 heterocycles. The van der Waals surface area contributed by atoms with Gasteiger partial charge in [0.25, 0.3) is 5.91 Å². The Bertz CT molecular complexity index is 692. The van der Waals surface area contributed by atoms with Gasteiger partial charge in [-0.25, -0.2) is 0 Å². The quantitative estimate of drug-likeness (QED) is 0.604. The number of hydrogen-bond donors (Lipinski definition) is 1. The zero-order chi connectivity index (χ0) is 17.3. The summed E-state index contributed by atoms with van der Waals surface area (Å²) >= 11 is 3.43. The molecule has 0 aliphatic carbocycles. The molecular weight excluding hydrogens is 374 g/mol. The van der Waals surface area contributed by atoms with E-state index in [1.807, 2.05) is 18.2 Å². The SMILES string of the molecule is CN(CCBr)Cc1ccc2c(c1)CN(C1CCC(=O)NC1=O)C2=O. The summed E-state index contributed by atoms with van der Waals surface area (Å²) in [5.74, 6) is -0.762. The first-order valence-electron chi connectivity index (χ1n) is 8.00. The smallest absolute Gasteiger partial charge is 0.255 e. The third-order valence-corrected chi connectivity index (χ3v) is 4.86. The van der Waals surface area contributed by atoms with Crippen LogP contribution in [0.15, 0.2) is 18.2 Å². The number of nitrogens with one attached hydrogen (secondary N) is 1. The van der Waals surface area contributed by atoms with Gasteiger partial charge in [0, 0.05) is 36.9 Å². The Morgan fingerprint density at radius 2 is 2.12 bits per heavy atom. The maximum Gasteiger partial charge on any atom is 0.255 e. The first-order chi connectivity index (χ1) is 11.5. The lowest BCUT2D eigenvalue weighted by molar-refractivity contribution is -0.136. The standard InChI is InChI=1S/C17H20BrN3O3/c1-20(7-6-18)9-11-2-3-13-12(8-11)10-21(17(13)24)14-4-5-15(22)19-16(14)23/h2-3,8,14H,4-7,9-10H2,1H3,(H,19,22,23). The highest BCUT2D eigenvalue weighted by atomic mass is 79.9. The van der Waals surface area contributed by atoms with Gasteiger partial charge in [0.15, 0.2) is 0 Å². The van der Waals surface area contributed by atoms with E-state index < -0.39 is 6.04 Å². The molecule has 128 valence electrons. The van der Waals surface area contributed by atoms with E-state index in [0.717, 1.165) is 29.5 Å². The van der Waals surface area contributed by atoms with Crippen LogP contribution in [-0.4, -0.2) is 52.5 Å². The molecule has 1 fully saturated rings. The summed E-state index contributed by atoms with van der Waals surface area (Å²) in [6.07, 6.45) is 0.671. The molecule has 0 spiro atoms. The van der Waals surface area contributed by atoms with Gasteiger partial charge in [-0.1, -0.05) is 28.1 Å². The first kappa shape index (κ1) is 17.1. The lowest BCUT2D eigenvalue weighted by Crippen LogP contribution is -2.52. The monoisotopic (exact) mass is 393 g/mol. The molecule has 6 nitrogen and oxygen atoms in total. The first-order valence-corrected chi connectivity index (χ1v) is 9.12. The van der Waals surface area contributed by atoms with E-state index >= 15 is 0 Å². The van der Waals surface area contributed by atoms with Gasteiger partial charge >= 0.3 is 0 Å². The Morgan fingerprint density at radius 1 is 1.33 bits per heavy atom. The van der Waals surface area contributed by atoms with E-state index in [4.69, 9.17) is 0 Å². The minimum Gasteiger partial charge on any atom is -0.322 e. The summed E-state index contributed by atoms with van der Waals surface area (Å²) in [4.78, 5) is 39.7. The van der Waals surface area contributed by atoms with Crippen LogP contribution in [-0.2, 0) is 22.7 Å². The molecule has 1 aromatic rings. The molecule has 1 aromatic carbocycles. The number of carbonyl (C=O) groups is 3. The Morgan fingerprint density at radius 3 is 2.83 bits per heavy atom. The van der Waals surface area contributed by atoms with Crippen molar-refractivity contribution >= 4 is 33.7 Å². The van der Waals surface area contributed by atoms with Gasteiger partial charge in [-0.05, 0) is 30.7 Å². The third kappa shape index (κ3) is 3.37. The molecule has 2 aliphatic rings. The number of nitrogens with zero attached hydrogens (tertiary/aromatic N) is 2. The summed E-state index contributed by atoms with van der Waals surface area (Å²) in [6.45, 7) is 2.18. The number of piperidine rings is 1. The minimum absolute atomic E-state index is 0.125. The van der Waals surface area contributed by atoms with Gasteiger partial charge in [0.2, 0.25) is 11.8 Å². The molecule has 0 bridgehead atoms. The number of rotatable bonds is 5. The van der Waals surface area contributed by atoms with Crippen LogP contribution >= 0.6 is 15.9 Å². The molecule has 3 rings (SSSR count). The van der Waals surface area contributed by atoms with Gasteiger partial charge in [-0.2, -0.15) is 0 Å². The lowest BCUT2D eigenvalue weighted by atomic mass is 10.0. The van der Waals surface area contributed by atoms with E-state index in [-0.39, 0.29) is 24.1 Å². The van der Waals surface area contributed by atoms with Crippen LogP contribution in [0.2, 0.25) is 0 Å². The molecule has 1 unspecified atom stereocenters. The summed E-state index contributed by atoms with van der Waals surface area (Å²) in [7, 11) is 2.05. The largest absolute Gasteiger partial charge is 0.322 e. The Labute approximate surface area is 149 Å². The Balaban J connectivity index is 1.75. The predicted octanol–water partition coefficient (Wildman–Crippen LogP) is 1.27. The second-order valence-corrected chi connectivity index (χ2v) is 7.11. The molecule has 1 saturated heterocycles. The number of carbonyl (C=O) groups excluding carboxylic acids is 3. The average molecular weight is 394 g/mol. The lowest BCUT2D eigenvalue weighted by Gasteiger charge is -2.29. The molecule has 24 heavy (non-hydrogen) atoms.